The van der Waals surface area contributed by atoms with Crippen molar-refractivity contribution in [2.45, 2.75) is 51.2 Å². The van der Waals surface area contributed by atoms with Crippen LogP contribution in [0.1, 0.15) is 36.0 Å². The largest absolute Gasteiger partial charge is 0.445 e. The zero-order chi connectivity index (χ0) is 27.5. The Morgan fingerprint density at radius 3 is 2.33 bits per heavy atom. The van der Waals surface area contributed by atoms with E-state index < -0.39 is 12.2 Å². The third kappa shape index (κ3) is 8.38. The molecule has 4 rings (SSSR count). The van der Waals surface area contributed by atoms with Gasteiger partial charge in [-0.15, -0.1) is 0 Å². The molecule has 3 aromatic carbocycles. The molecule has 2 atom stereocenters. The summed E-state index contributed by atoms with van der Waals surface area (Å²) in [6.07, 6.45) is 1.13. The van der Waals surface area contributed by atoms with Crippen LogP contribution in [-0.4, -0.2) is 54.0 Å². The van der Waals surface area contributed by atoms with Crippen LogP contribution < -0.4 is 10.6 Å². The fraction of sp³-hybridized carbons (Fsp3) is 0.355. The summed E-state index contributed by atoms with van der Waals surface area (Å²) in [5, 5.41) is 10.9. The van der Waals surface area contributed by atoms with Gasteiger partial charge in [0.25, 0.3) is 0 Å². The van der Waals surface area contributed by atoms with Gasteiger partial charge in [-0.1, -0.05) is 72.8 Å². The van der Waals surface area contributed by atoms with E-state index in [0.29, 0.717) is 26.0 Å². The Kier molecular flexibility index (Phi) is 10.5. The van der Waals surface area contributed by atoms with Crippen LogP contribution in [0.2, 0.25) is 0 Å². The minimum Gasteiger partial charge on any atom is -0.445 e. The highest BCUT2D eigenvalue weighted by Crippen LogP contribution is 2.25. The summed E-state index contributed by atoms with van der Waals surface area (Å²) in [5.41, 5.74) is 9.23. The van der Waals surface area contributed by atoms with Gasteiger partial charge in [-0.25, -0.2) is 4.79 Å². The summed E-state index contributed by atoms with van der Waals surface area (Å²) in [4.78, 5) is 28.8. The maximum atomic E-state index is 13.0. The SMILES string of the molecule is NCC(=O)N(c1cccc(CC[C@H](O)CN(Cc2ccccc2)C(=O)OCc2ccccc2)c1)[C@@H]1CCCO1. The molecule has 0 radical (unpaired) electrons. The number of amides is 2. The van der Waals surface area contributed by atoms with Crippen LogP contribution in [0.4, 0.5) is 10.5 Å². The van der Waals surface area contributed by atoms with Crippen LogP contribution >= 0.6 is 0 Å². The van der Waals surface area contributed by atoms with Crippen molar-refractivity contribution in [3.63, 3.8) is 0 Å². The molecule has 3 aromatic rings. The molecular weight excluding hydrogens is 494 g/mol. The number of aliphatic hydroxyl groups excluding tert-OH is 1. The van der Waals surface area contributed by atoms with Crippen LogP contribution in [0.15, 0.2) is 84.9 Å². The number of carbonyl (C=O) groups is 2. The highest BCUT2D eigenvalue weighted by molar-refractivity contribution is 5.95. The number of anilines is 1. The molecule has 0 spiro atoms. The van der Waals surface area contributed by atoms with E-state index in [-0.39, 0.29) is 31.8 Å². The second-order valence-corrected chi connectivity index (χ2v) is 9.70. The standard InChI is InChI=1S/C31H37N3O5/c32-20-29(36)34(30-15-8-18-38-30)27-14-7-13-24(19-27)16-17-28(35)22-33(21-25-9-3-1-4-10-25)31(37)39-23-26-11-5-2-6-12-26/h1-7,9-14,19,28,30,35H,8,15-18,20-23,32H2/t28-,30-/m0/s1. The first-order valence-electron chi connectivity index (χ1n) is 13.4. The van der Waals surface area contributed by atoms with Gasteiger partial charge in [-0.05, 0) is 54.5 Å². The van der Waals surface area contributed by atoms with Gasteiger partial charge in [0.1, 0.15) is 12.8 Å². The van der Waals surface area contributed by atoms with Crippen LogP contribution in [0.25, 0.3) is 0 Å². The van der Waals surface area contributed by atoms with Gasteiger partial charge in [0, 0.05) is 18.8 Å². The highest BCUT2D eigenvalue weighted by atomic mass is 16.6. The van der Waals surface area contributed by atoms with Crippen molar-refractivity contribution in [3.05, 3.63) is 102 Å². The second kappa shape index (κ2) is 14.4. The Balaban J connectivity index is 1.38. The lowest BCUT2D eigenvalue weighted by Crippen LogP contribution is -2.43. The predicted octanol–water partition coefficient (Wildman–Crippen LogP) is 4.25. The molecule has 3 N–H and O–H groups in total. The maximum Gasteiger partial charge on any atom is 0.410 e. The number of carbonyl (C=O) groups excluding carboxylic acids is 2. The normalized spacial score (nSPS) is 15.5. The van der Waals surface area contributed by atoms with E-state index in [1.54, 1.807) is 9.80 Å². The zero-order valence-electron chi connectivity index (χ0n) is 22.2. The van der Waals surface area contributed by atoms with Crippen molar-refractivity contribution in [1.29, 1.82) is 0 Å². The Morgan fingerprint density at radius 2 is 1.67 bits per heavy atom. The number of hydrogen-bond acceptors (Lipinski definition) is 6. The predicted molar refractivity (Wildman–Crippen MR) is 150 cm³/mol. The smallest absolute Gasteiger partial charge is 0.410 e. The molecular formula is C31H37N3O5. The Labute approximate surface area is 229 Å². The number of aliphatic hydroxyl groups is 1. The van der Waals surface area contributed by atoms with Crippen molar-refractivity contribution in [1.82, 2.24) is 4.90 Å². The molecule has 1 fully saturated rings. The molecule has 0 unspecified atom stereocenters. The molecule has 206 valence electrons. The summed E-state index contributed by atoms with van der Waals surface area (Å²) >= 11 is 0. The van der Waals surface area contributed by atoms with E-state index in [2.05, 4.69) is 0 Å². The third-order valence-corrected chi connectivity index (χ3v) is 6.70. The van der Waals surface area contributed by atoms with Crippen LogP contribution in [0.5, 0.6) is 0 Å². The number of benzene rings is 3. The number of hydrogen-bond donors (Lipinski definition) is 2. The molecule has 39 heavy (non-hydrogen) atoms. The van der Waals surface area contributed by atoms with Crippen molar-refractivity contribution >= 4 is 17.7 Å². The number of ether oxygens (including phenoxy) is 2. The molecule has 1 aliphatic rings. The summed E-state index contributed by atoms with van der Waals surface area (Å²) in [6.45, 7) is 1.16. The maximum absolute atomic E-state index is 13.0. The summed E-state index contributed by atoms with van der Waals surface area (Å²) in [6, 6.07) is 26.8. The van der Waals surface area contributed by atoms with E-state index in [4.69, 9.17) is 15.2 Å². The minimum absolute atomic E-state index is 0.0968. The number of nitrogens with two attached hydrogens (primary N) is 1. The quantitative estimate of drug-likeness (QED) is 0.362. The number of nitrogens with zero attached hydrogens (tertiary/aromatic N) is 2. The molecule has 0 aliphatic carbocycles. The lowest BCUT2D eigenvalue weighted by atomic mass is 10.0. The van der Waals surface area contributed by atoms with E-state index in [0.717, 1.165) is 35.2 Å². The third-order valence-electron chi connectivity index (χ3n) is 6.70. The van der Waals surface area contributed by atoms with Gasteiger partial charge in [0.15, 0.2) is 0 Å². The lowest BCUT2D eigenvalue weighted by molar-refractivity contribution is -0.119. The van der Waals surface area contributed by atoms with E-state index >= 15 is 0 Å². The highest BCUT2D eigenvalue weighted by Gasteiger charge is 2.28. The average molecular weight is 532 g/mol. The molecule has 1 saturated heterocycles. The van der Waals surface area contributed by atoms with Crippen molar-refractivity contribution < 1.29 is 24.2 Å². The molecule has 0 bridgehead atoms. The summed E-state index contributed by atoms with van der Waals surface area (Å²) in [5.74, 6) is -0.190. The lowest BCUT2D eigenvalue weighted by Gasteiger charge is -2.28. The number of rotatable bonds is 12. The van der Waals surface area contributed by atoms with E-state index in [1.807, 2.05) is 84.9 Å². The van der Waals surface area contributed by atoms with Gasteiger partial charge in [0.2, 0.25) is 5.91 Å². The minimum atomic E-state index is -0.762. The molecule has 1 heterocycles. The van der Waals surface area contributed by atoms with E-state index in [9.17, 15) is 14.7 Å². The van der Waals surface area contributed by atoms with Crippen molar-refractivity contribution in [2.75, 3.05) is 24.6 Å². The fourth-order valence-corrected chi connectivity index (χ4v) is 4.69. The Morgan fingerprint density at radius 1 is 0.974 bits per heavy atom. The Bertz CT molecular complexity index is 1190. The fourth-order valence-electron chi connectivity index (χ4n) is 4.69. The topological polar surface area (TPSA) is 105 Å². The Hall–Kier alpha value is -3.72. The molecule has 1 aliphatic heterocycles. The zero-order valence-corrected chi connectivity index (χ0v) is 22.2. The van der Waals surface area contributed by atoms with Gasteiger partial charge >= 0.3 is 6.09 Å². The molecule has 2 amide bonds. The van der Waals surface area contributed by atoms with Gasteiger partial charge in [-0.2, -0.15) is 0 Å². The van der Waals surface area contributed by atoms with E-state index in [1.165, 1.54) is 0 Å². The van der Waals surface area contributed by atoms with Crippen LogP contribution in [0.3, 0.4) is 0 Å². The van der Waals surface area contributed by atoms with Gasteiger partial charge in [0.05, 0.1) is 19.2 Å². The number of aryl methyl sites for hydroxylation is 1. The summed E-state index contributed by atoms with van der Waals surface area (Å²) in [7, 11) is 0. The van der Waals surface area contributed by atoms with Gasteiger partial charge in [-0.3, -0.25) is 9.69 Å². The first kappa shape index (κ1) is 28.3. The average Bonchev–Trinajstić information content (AvgIpc) is 3.50. The molecule has 8 heteroatoms. The van der Waals surface area contributed by atoms with Crippen molar-refractivity contribution in [2.24, 2.45) is 5.73 Å². The van der Waals surface area contributed by atoms with Crippen LogP contribution in [0, 0.1) is 0 Å². The van der Waals surface area contributed by atoms with Gasteiger partial charge < -0.3 is 25.2 Å². The monoisotopic (exact) mass is 531 g/mol. The van der Waals surface area contributed by atoms with Crippen molar-refractivity contribution in [3.8, 4) is 0 Å². The second-order valence-electron chi connectivity index (χ2n) is 9.70. The first-order chi connectivity index (χ1) is 19.0. The summed E-state index contributed by atoms with van der Waals surface area (Å²) < 4.78 is 11.3. The first-order valence-corrected chi connectivity index (χ1v) is 13.4. The molecule has 0 saturated carbocycles. The van der Waals surface area contributed by atoms with Crippen LogP contribution in [-0.2, 0) is 33.8 Å². The molecule has 0 aromatic heterocycles. The molecule has 8 nitrogen and oxygen atoms in total.